The number of nitro groups is 1. The van der Waals surface area contributed by atoms with Crippen LogP contribution in [0, 0.1) is 33.3 Å². The summed E-state index contributed by atoms with van der Waals surface area (Å²) in [7, 11) is 0. The summed E-state index contributed by atoms with van der Waals surface area (Å²) < 4.78 is 5.83. The number of benzene rings is 3. The van der Waals surface area contributed by atoms with Crippen molar-refractivity contribution in [2.75, 3.05) is 18.4 Å². The summed E-state index contributed by atoms with van der Waals surface area (Å²) in [4.78, 5) is 20.1. The standard InChI is InChI=1S/C27H21N5O3/c33-32(34)25-13-23-24(12-18(25)10-11-27-14-19(27)15-28-16-27)29-17-30-26(23)31-20-6-8-22(9-7-20)35-21-4-2-1-3-5-21/h1-9,12-13,17,19,28H,14-16H2,(H,29,30,31). The molecule has 172 valence electrons. The van der Waals surface area contributed by atoms with E-state index in [-0.39, 0.29) is 11.1 Å². The number of nitrogens with one attached hydrogen (secondary N) is 2. The predicted octanol–water partition coefficient (Wildman–Crippen LogP) is 5.03. The fourth-order valence-corrected chi connectivity index (χ4v) is 4.53. The maximum atomic E-state index is 11.9. The SMILES string of the molecule is O=[N+]([O-])c1cc2c(Nc3ccc(Oc4ccccc4)cc3)ncnc2cc1C#CC12CNCC1C2. The summed E-state index contributed by atoms with van der Waals surface area (Å²) in [5.41, 5.74) is 1.66. The minimum Gasteiger partial charge on any atom is -0.457 e. The van der Waals surface area contributed by atoms with Crippen LogP contribution in [0.15, 0.2) is 73.1 Å². The molecule has 2 unspecified atom stereocenters. The highest BCUT2D eigenvalue weighted by Crippen LogP contribution is 2.54. The molecule has 2 N–H and O–H groups in total. The summed E-state index contributed by atoms with van der Waals surface area (Å²) in [6.07, 6.45) is 2.50. The zero-order valence-corrected chi connectivity index (χ0v) is 18.7. The van der Waals surface area contributed by atoms with Crippen LogP contribution in [-0.2, 0) is 0 Å². The average Bonchev–Trinajstić information content (AvgIpc) is 3.42. The van der Waals surface area contributed by atoms with Crippen molar-refractivity contribution < 1.29 is 9.66 Å². The number of rotatable bonds is 5. The molecule has 3 aromatic carbocycles. The summed E-state index contributed by atoms with van der Waals surface area (Å²) >= 11 is 0. The molecule has 2 heterocycles. The van der Waals surface area contributed by atoms with E-state index in [1.165, 1.54) is 12.4 Å². The van der Waals surface area contributed by atoms with E-state index in [9.17, 15) is 10.1 Å². The lowest BCUT2D eigenvalue weighted by Crippen LogP contribution is -2.14. The van der Waals surface area contributed by atoms with Gasteiger partial charge in [0.2, 0.25) is 0 Å². The van der Waals surface area contributed by atoms with Gasteiger partial charge in [0.15, 0.2) is 0 Å². The van der Waals surface area contributed by atoms with Gasteiger partial charge in [-0.2, -0.15) is 0 Å². The molecule has 0 radical (unpaired) electrons. The number of ether oxygens (including phenoxy) is 1. The molecule has 1 aromatic heterocycles. The molecule has 35 heavy (non-hydrogen) atoms. The van der Waals surface area contributed by atoms with Gasteiger partial charge in [-0.05, 0) is 61.3 Å². The number of hydrogen-bond donors (Lipinski definition) is 2. The van der Waals surface area contributed by atoms with Crippen LogP contribution < -0.4 is 15.4 Å². The molecule has 8 nitrogen and oxygen atoms in total. The Hall–Kier alpha value is -4.48. The van der Waals surface area contributed by atoms with Gasteiger partial charge >= 0.3 is 0 Å². The minimum atomic E-state index is -0.398. The number of nitrogens with zero attached hydrogens (tertiary/aromatic N) is 3. The van der Waals surface area contributed by atoms with Crippen LogP contribution in [0.5, 0.6) is 11.5 Å². The quantitative estimate of drug-likeness (QED) is 0.243. The second-order valence-electron chi connectivity index (χ2n) is 8.87. The van der Waals surface area contributed by atoms with E-state index < -0.39 is 4.92 Å². The molecule has 0 amide bonds. The molecule has 8 heteroatoms. The molecule has 1 saturated heterocycles. The van der Waals surface area contributed by atoms with Gasteiger partial charge in [-0.3, -0.25) is 10.1 Å². The lowest BCUT2D eigenvalue weighted by Gasteiger charge is -2.10. The fourth-order valence-electron chi connectivity index (χ4n) is 4.53. The molecule has 6 rings (SSSR count). The number of piperidine rings is 1. The van der Waals surface area contributed by atoms with Crippen LogP contribution in [0.25, 0.3) is 10.9 Å². The van der Waals surface area contributed by atoms with Crippen molar-refractivity contribution in [2.24, 2.45) is 11.3 Å². The third-order valence-electron chi connectivity index (χ3n) is 6.55. The first-order valence-corrected chi connectivity index (χ1v) is 11.4. The topological polar surface area (TPSA) is 102 Å². The first kappa shape index (κ1) is 21.1. The molecule has 1 aliphatic carbocycles. The Labute approximate surface area is 201 Å². The highest BCUT2D eigenvalue weighted by atomic mass is 16.6. The molecular weight excluding hydrogens is 442 g/mol. The van der Waals surface area contributed by atoms with E-state index in [1.54, 1.807) is 6.07 Å². The van der Waals surface area contributed by atoms with Crippen LogP contribution in [0.1, 0.15) is 12.0 Å². The Balaban J connectivity index is 1.29. The second kappa shape index (κ2) is 8.38. The molecule has 1 saturated carbocycles. The summed E-state index contributed by atoms with van der Waals surface area (Å²) in [5, 5.41) is 19.0. The Morgan fingerprint density at radius 2 is 1.89 bits per heavy atom. The van der Waals surface area contributed by atoms with E-state index in [0.717, 1.165) is 30.9 Å². The molecule has 2 aliphatic rings. The normalized spacial score (nSPS) is 19.9. The second-order valence-corrected chi connectivity index (χ2v) is 8.87. The van der Waals surface area contributed by atoms with E-state index in [2.05, 4.69) is 32.4 Å². The fraction of sp³-hybridized carbons (Fsp3) is 0.185. The van der Waals surface area contributed by atoms with E-state index in [4.69, 9.17) is 4.74 Å². The third kappa shape index (κ3) is 4.14. The first-order chi connectivity index (χ1) is 17.1. The predicted molar refractivity (Wildman–Crippen MR) is 133 cm³/mol. The highest BCUT2D eigenvalue weighted by Gasteiger charge is 2.56. The van der Waals surface area contributed by atoms with Crippen LogP contribution in [0.4, 0.5) is 17.2 Å². The van der Waals surface area contributed by atoms with Crippen molar-refractivity contribution in [3.8, 4) is 23.3 Å². The highest BCUT2D eigenvalue weighted by molar-refractivity contribution is 5.93. The number of anilines is 2. The minimum absolute atomic E-state index is 0.0302. The lowest BCUT2D eigenvalue weighted by molar-refractivity contribution is -0.385. The lowest BCUT2D eigenvalue weighted by atomic mass is 10.0. The van der Waals surface area contributed by atoms with Crippen molar-refractivity contribution in [3.63, 3.8) is 0 Å². The monoisotopic (exact) mass is 463 g/mol. The Kier molecular flexibility index (Phi) is 5.05. The first-order valence-electron chi connectivity index (χ1n) is 11.4. The van der Waals surface area contributed by atoms with Gasteiger partial charge in [0.05, 0.1) is 10.4 Å². The molecular formula is C27H21N5O3. The number of fused-ring (bicyclic) bond motifs is 2. The largest absolute Gasteiger partial charge is 0.457 e. The van der Waals surface area contributed by atoms with Gasteiger partial charge in [0.25, 0.3) is 5.69 Å². The van der Waals surface area contributed by atoms with E-state index in [1.807, 2.05) is 54.6 Å². The summed E-state index contributed by atoms with van der Waals surface area (Å²) in [6.45, 7) is 1.81. The van der Waals surface area contributed by atoms with Crippen molar-refractivity contribution in [3.05, 3.63) is 88.7 Å². The van der Waals surface area contributed by atoms with Crippen LogP contribution >= 0.6 is 0 Å². The molecule has 2 fully saturated rings. The number of nitro benzene ring substituents is 1. The van der Waals surface area contributed by atoms with Crippen LogP contribution in [0.3, 0.4) is 0 Å². The van der Waals surface area contributed by atoms with E-state index >= 15 is 0 Å². The van der Waals surface area contributed by atoms with Crippen molar-refractivity contribution >= 4 is 28.1 Å². The van der Waals surface area contributed by atoms with E-state index in [0.29, 0.717) is 34.0 Å². The maximum Gasteiger partial charge on any atom is 0.285 e. The van der Waals surface area contributed by atoms with Crippen molar-refractivity contribution in [1.82, 2.24) is 15.3 Å². The molecule has 4 aromatic rings. The van der Waals surface area contributed by atoms with Crippen LogP contribution in [-0.4, -0.2) is 28.0 Å². The van der Waals surface area contributed by atoms with Crippen molar-refractivity contribution in [1.29, 1.82) is 0 Å². The summed E-state index contributed by atoms with van der Waals surface area (Å²) in [5.74, 6) is 8.86. The summed E-state index contributed by atoms with van der Waals surface area (Å²) in [6, 6.07) is 20.1. The van der Waals surface area contributed by atoms with Gasteiger partial charge in [0.1, 0.15) is 29.2 Å². The Bertz CT molecular complexity index is 1490. The average molecular weight is 463 g/mol. The number of hydrogen-bond acceptors (Lipinski definition) is 7. The Morgan fingerprint density at radius 1 is 1.09 bits per heavy atom. The molecule has 1 aliphatic heterocycles. The third-order valence-corrected chi connectivity index (χ3v) is 6.55. The number of para-hydroxylation sites is 1. The zero-order chi connectivity index (χ0) is 23.8. The Morgan fingerprint density at radius 3 is 2.60 bits per heavy atom. The zero-order valence-electron chi connectivity index (χ0n) is 18.7. The van der Waals surface area contributed by atoms with Gasteiger partial charge in [-0.15, -0.1) is 0 Å². The molecule has 2 atom stereocenters. The number of aromatic nitrogens is 2. The maximum absolute atomic E-state index is 11.9. The van der Waals surface area contributed by atoms with Crippen LogP contribution in [0.2, 0.25) is 0 Å². The van der Waals surface area contributed by atoms with Gasteiger partial charge in [-0.1, -0.05) is 30.0 Å². The van der Waals surface area contributed by atoms with Crippen molar-refractivity contribution in [2.45, 2.75) is 6.42 Å². The van der Waals surface area contributed by atoms with Gasteiger partial charge in [-0.25, -0.2) is 9.97 Å². The smallest absolute Gasteiger partial charge is 0.285 e. The molecule has 0 spiro atoms. The van der Waals surface area contributed by atoms with Gasteiger partial charge in [0, 0.05) is 29.1 Å². The molecule has 0 bridgehead atoms. The van der Waals surface area contributed by atoms with Gasteiger partial charge < -0.3 is 15.4 Å².